The Labute approximate surface area is 193 Å². The molecule has 1 aliphatic heterocycles. The number of benzene rings is 1. The Morgan fingerprint density at radius 1 is 1.09 bits per heavy atom. The van der Waals surface area contributed by atoms with Crippen LogP contribution in [0.1, 0.15) is 62.2 Å². The Hall–Kier alpha value is -3.00. The maximum Gasteiger partial charge on any atom is 0.251 e. The summed E-state index contributed by atoms with van der Waals surface area (Å²) in [6.07, 6.45) is 7.65. The van der Waals surface area contributed by atoms with Crippen molar-refractivity contribution in [3.63, 3.8) is 0 Å². The van der Waals surface area contributed by atoms with Gasteiger partial charge in [0.15, 0.2) is 0 Å². The minimum atomic E-state index is -0.258. The molecule has 5 rings (SSSR count). The zero-order valence-electron chi connectivity index (χ0n) is 19.0. The molecule has 2 aliphatic carbocycles. The Bertz CT molecular complexity index is 1030. The van der Waals surface area contributed by atoms with Gasteiger partial charge in [0.1, 0.15) is 5.82 Å². The van der Waals surface area contributed by atoms with Crippen molar-refractivity contribution in [1.29, 1.82) is 0 Å². The van der Waals surface area contributed by atoms with Crippen molar-refractivity contribution in [3.05, 3.63) is 42.1 Å². The maximum atomic E-state index is 13.0. The standard InChI is InChI=1S/C25H31N5O3/c1-25(17-4-5-17)13-15-30(23(25)33)21-12-14-26-24(29-21)28-19-6-2-16(3-7-19)22(32)27-18-8-10-20(31)11-9-18/h2-3,6-7,12,14,17-18,20,31H,4-5,8-11,13,15H2,1H3,(H,27,32)(H,26,28,29)/t18?,20?,25-/m0/s1. The number of rotatable bonds is 6. The zero-order valence-corrected chi connectivity index (χ0v) is 19.0. The van der Waals surface area contributed by atoms with Gasteiger partial charge in [0.2, 0.25) is 11.9 Å². The molecule has 8 nitrogen and oxygen atoms in total. The van der Waals surface area contributed by atoms with Gasteiger partial charge in [0.25, 0.3) is 5.91 Å². The van der Waals surface area contributed by atoms with Crippen LogP contribution in [0.3, 0.4) is 0 Å². The number of aromatic nitrogens is 2. The lowest BCUT2D eigenvalue weighted by molar-refractivity contribution is -0.125. The molecule has 0 bridgehead atoms. The molecule has 8 heteroatoms. The van der Waals surface area contributed by atoms with Gasteiger partial charge in [-0.15, -0.1) is 0 Å². The van der Waals surface area contributed by atoms with Crippen LogP contribution in [0, 0.1) is 11.3 Å². The molecule has 1 aromatic carbocycles. The summed E-state index contributed by atoms with van der Waals surface area (Å²) in [6, 6.07) is 9.07. The molecular weight excluding hydrogens is 418 g/mol. The Morgan fingerprint density at radius 2 is 1.82 bits per heavy atom. The normalized spacial score (nSPS) is 27.5. The van der Waals surface area contributed by atoms with Crippen molar-refractivity contribution in [3.8, 4) is 0 Å². The van der Waals surface area contributed by atoms with E-state index in [1.54, 1.807) is 29.3 Å². The van der Waals surface area contributed by atoms with Crippen molar-refractivity contribution in [1.82, 2.24) is 15.3 Å². The molecule has 2 aromatic rings. The predicted molar refractivity (Wildman–Crippen MR) is 125 cm³/mol. The van der Waals surface area contributed by atoms with Gasteiger partial charge < -0.3 is 15.7 Å². The van der Waals surface area contributed by atoms with Crippen LogP contribution in [0.25, 0.3) is 0 Å². The van der Waals surface area contributed by atoms with Crippen molar-refractivity contribution < 1.29 is 14.7 Å². The largest absolute Gasteiger partial charge is 0.393 e. The average Bonchev–Trinajstić information content (AvgIpc) is 3.63. The number of hydrogen-bond acceptors (Lipinski definition) is 6. The highest BCUT2D eigenvalue weighted by molar-refractivity contribution is 5.99. The second kappa shape index (κ2) is 8.74. The van der Waals surface area contributed by atoms with Crippen LogP contribution in [-0.4, -0.2) is 45.6 Å². The quantitative estimate of drug-likeness (QED) is 0.624. The third-order valence-corrected chi connectivity index (χ3v) is 7.42. The molecule has 0 spiro atoms. The fourth-order valence-electron chi connectivity index (χ4n) is 5.06. The number of amides is 2. The number of nitrogens with one attached hydrogen (secondary N) is 2. The van der Waals surface area contributed by atoms with E-state index in [-0.39, 0.29) is 29.4 Å². The van der Waals surface area contributed by atoms with E-state index in [4.69, 9.17) is 0 Å². The van der Waals surface area contributed by atoms with Crippen LogP contribution in [0.5, 0.6) is 0 Å². The number of anilines is 3. The molecule has 1 aromatic heterocycles. The highest BCUT2D eigenvalue weighted by Gasteiger charge is 2.52. The number of carbonyl (C=O) groups is 2. The molecule has 33 heavy (non-hydrogen) atoms. The average molecular weight is 450 g/mol. The van der Waals surface area contributed by atoms with Crippen LogP contribution >= 0.6 is 0 Å². The van der Waals surface area contributed by atoms with Crippen molar-refractivity contribution in [2.45, 2.75) is 64.0 Å². The Morgan fingerprint density at radius 3 is 2.52 bits per heavy atom. The van der Waals surface area contributed by atoms with Crippen molar-refractivity contribution >= 4 is 29.3 Å². The van der Waals surface area contributed by atoms with E-state index >= 15 is 0 Å². The molecule has 1 atom stereocenters. The van der Waals surface area contributed by atoms with Crippen LogP contribution in [0.15, 0.2) is 36.5 Å². The van der Waals surface area contributed by atoms with Crippen LogP contribution < -0.4 is 15.5 Å². The number of hydrogen-bond donors (Lipinski definition) is 3. The zero-order chi connectivity index (χ0) is 23.0. The maximum absolute atomic E-state index is 13.0. The number of aliphatic hydroxyl groups is 1. The van der Waals surface area contributed by atoms with E-state index in [9.17, 15) is 14.7 Å². The molecule has 3 N–H and O–H groups in total. The molecule has 174 valence electrons. The summed E-state index contributed by atoms with van der Waals surface area (Å²) in [5, 5.41) is 15.8. The van der Waals surface area contributed by atoms with Gasteiger partial charge >= 0.3 is 0 Å². The van der Waals surface area contributed by atoms with Crippen LogP contribution in [0.2, 0.25) is 0 Å². The summed E-state index contributed by atoms with van der Waals surface area (Å²) in [4.78, 5) is 36.2. The highest BCUT2D eigenvalue weighted by atomic mass is 16.3. The lowest BCUT2D eigenvalue weighted by atomic mass is 9.83. The van der Waals surface area contributed by atoms with Gasteiger partial charge in [-0.2, -0.15) is 4.98 Å². The Kier molecular flexibility index (Phi) is 5.78. The lowest BCUT2D eigenvalue weighted by Crippen LogP contribution is -2.38. The number of aliphatic hydroxyl groups excluding tert-OH is 1. The summed E-state index contributed by atoms with van der Waals surface area (Å²) >= 11 is 0. The molecule has 2 amide bonds. The lowest BCUT2D eigenvalue weighted by Gasteiger charge is -2.26. The first-order chi connectivity index (χ1) is 15.9. The third-order valence-electron chi connectivity index (χ3n) is 7.42. The molecule has 3 aliphatic rings. The minimum Gasteiger partial charge on any atom is -0.393 e. The number of carbonyl (C=O) groups excluding carboxylic acids is 2. The first kappa shape index (κ1) is 21.8. The molecule has 1 saturated heterocycles. The molecular formula is C25H31N5O3. The van der Waals surface area contributed by atoms with Crippen LogP contribution in [-0.2, 0) is 4.79 Å². The van der Waals surface area contributed by atoms with E-state index in [2.05, 4.69) is 27.5 Å². The summed E-state index contributed by atoms with van der Waals surface area (Å²) in [5.74, 6) is 1.61. The second-order valence-corrected chi connectivity index (χ2v) is 9.82. The summed E-state index contributed by atoms with van der Waals surface area (Å²) in [7, 11) is 0. The highest BCUT2D eigenvalue weighted by Crippen LogP contribution is 2.51. The predicted octanol–water partition coefficient (Wildman–Crippen LogP) is 3.41. The molecule has 2 heterocycles. The van der Waals surface area contributed by atoms with E-state index in [0.717, 1.165) is 50.6 Å². The first-order valence-corrected chi connectivity index (χ1v) is 11.9. The van der Waals surface area contributed by atoms with Crippen molar-refractivity contribution in [2.75, 3.05) is 16.8 Å². The summed E-state index contributed by atoms with van der Waals surface area (Å²) < 4.78 is 0. The van der Waals surface area contributed by atoms with E-state index in [1.807, 2.05) is 12.1 Å². The van der Waals surface area contributed by atoms with E-state index < -0.39 is 0 Å². The molecule has 0 radical (unpaired) electrons. The molecule has 2 saturated carbocycles. The van der Waals surface area contributed by atoms with Gasteiger partial charge in [0, 0.05) is 30.0 Å². The number of nitrogens with zero attached hydrogens (tertiary/aromatic N) is 3. The first-order valence-electron chi connectivity index (χ1n) is 11.9. The van der Waals surface area contributed by atoms with Gasteiger partial charge in [-0.3, -0.25) is 14.5 Å². The van der Waals surface area contributed by atoms with Gasteiger partial charge in [0.05, 0.1) is 11.5 Å². The van der Waals surface area contributed by atoms with Crippen LogP contribution in [0.4, 0.5) is 17.5 Å². The molecule has 3 fully saturated rings. The second-order valence-electron chi connectivity index (χ2n) is 9.82. The fourth-order valence-corrected chi connectivity index (χ4v) is 5.06. The van der Waals surface area contributed by atoms with Gasteiger partial charge in [-0.25, -0.2) is 4.98 Å². The topological polar surface area (TPSA) is 107 Å². The molecule has 0 unspecified atom stereocenters. The van der Waals surface area contributed by atoms with Gasteiger partial charge in [-0.05, 0) is 81.2 Å². The van der Waals surface area contributed by atoms with E-state index in [1.165, 1.54) is 0 Å². The van der Waals surface area contributed by atoms with Gasteiger partial charge in [-0.1, -0.05) is 6.92 Å². The van der Waals surface area contributed by atoms with Crippen molar-refractivity contribution in [2.24, 2.45) is 11.3 Å². The fraction of sp³-hybridized carbons (Fsp3) is 0.520. The van der Waals surface area contributed by atoms with E-state index in [0.29, 0.717) is 29.8 Å². The minimum absolute atomic E-state index is 0.104. The summed E-state index contributed by atoms with van der Waals surface area (Å²) in [5.41, 5.74) is 1.09. The Balaban J connectivity index is 1.21. The third kappa shape index (κ3) is 4.57. The smallest absolute Gasteiger partial charge is 0.251 e. The monoisotopic (exact) mass is 449 g/mol. The summed E-state index contributed by atoms with van der Waals surface area (Å²) in [6.45, 7) is 2.77. The SMILES string of the molecule is C[C@@]1(C2CC2)CCN(c2ccnc(Nc3ccc(C(=O)NC4CCC(O)CC4)cc3)n2)C1=O.